The molecule has 0 bridgehead atoms. The summed E-state index contributed by atoms with van der Waals surface area (Å²) in [6.45, 7) is 3.28. The number of ether oxygens (including phenoxy) is 1. The molecule has 0 radical (unpaired) electrons. The van der Waals surface area contributed by atoms with Crippen molar-refractivity contribution >= 4 is 34.6 Å². The zero-order valence-electron chi connectivity index (χ0n) is 17.1. The number of hydrogen-bond donors (Lipinski definition) is 2. The number of nitrogens with zero attached hydrogens (tertiary/aromatic N) is 1. The maximum absolute atomic E-state index is 13.2. The average Bonchev–Trinajstić information content (AvgIpc) is 3.26. The molecule has 166 valence electrons. The molecule has 0 spiro atoms. The molecule has 3 rings (SSSR count). The van der Waals surface area contributed by atoms with Crippen molar-refractivity contribution in [2.75, 3.05) is 29.9 Å². The molecule has 0 atom stereocenters. The molecule has 31 heavy (non-hydrogen) atoms. The van der Waals surface area contributed by atoms with Crippen LogP contribution in [-0.2, 0) is 17.4 Å². The van der Waals surface area contributed by atoms with Gasteiger partial charge in [-0.1, -0.05) is 19.1 Å². The maximum Gasteiger partial charge on any atom is 0.416 e. The Balaban J connectivity index is 1.63. The molecule has 1 amide bonds. The van der Waals surface area contributed by atoms with Crippen LogP contribution in [0, 0.1) is 0 Å². The number of aryl methyl sites for hydroxylation is 1. The summed E-state index contributed by atoms with van der Waals surface area (Å²) < 4.78 is 45.0. The minimum absolute atomic E-state index is 0.0882. The number of amides is 1. The van der Waals surface area contributed by atoms with Crippen molar-refractivity contribution < 1.29 is 22.7 Å². The van der Waals surface area contributed by atoms with Crippen LogP contribution >= 0.6 is 12.2 Å². The van der Waals surface area contributed by atoms with E-state index in [0.717, 1.165) is 50.0 Å². The molecular weight excluding hydrogens is 427 g/mol. The number of benzene rings is 2. The highest BCUT2D eigenvalue weighted by Gasteiger charge is 2.32. The van der Waals surface area contributed by atoms with Crippen LogP contribution in [0.1, 0.15) is 30.9 Å². The first-order valence-electron chi connectivity index (χ1n) is 10.0. The van der Waals surface area contributed by atoms with Crippen LogP contribution in [-0.4, -0.2) is 30.7 Å². The molecule has 2 aromatic rings. The fourth-order valence-corrected chi connectivity index (χ4v) is 3.56. The lowest BCUT2D eigenvalue weighted by molar-refractivity contribution is -0.137. The summed E-state index contributed by atoms with van der Waals surface area (Å²) in [5, 5.41) is 5.11. The predicted octanol–water partition coefficient (Wildman–Crippen LogP) is 4.76. The number of carbonyl (C=O) groups excluding carboxylic acids is 1. The molecule has 2 aromatic carbocycles. The number of nitrogens with one attached hydrogen (secondary N) is 2. The summed E-state index contributed by atoms with van der Waals surface area (Å²) in [5.74, 6) is 0.0344. The van der Waals surface area contributed by atoms with E-state index in [-0.39, 0.29) is 17.4 Å². The molecule has 1 saturated heterocycles. The van der Waals surface area contributed by atoms with Gasteiger partial charge < -0.3 is 15.0 Å². The second kappa shape index (κ2) is 10.00. The Bertz CT molecular complexity index is 927. The Labute approximate surface area is 184 Å². The van der Waals surface area contributed by atoms with E-state index in [1.165, 1.54) is 6.07 Å². The first-order valence-corrected chi connectivity index (χ1v) is 10.5. The lowest BCUT2D eigenvalue weighted by Crippen LogP contribution is -2.37. The van der Waals surface area contributed by atoms with Crippen molar-refractivity contribution in [2.45, 2.75) is 32.4 Å². The highest BCUT2D eigenvalue weighted by molar-refractivity contribution is 7.80. The van der Waals surface area contributed by atoms with Gasteiger partial charge in [-0.15, -0.1) is 0 Å². The van der Waals surface area contributed by atoms with Crippen molar-refractivity contribution in [3.05, 3.63) is 53.6 Å². The van der Waals surface area contributed by atoms with Crippen LogP contribution in [0.5, 0.6) is 5.75 Å². The number of thiocarbonyl (C=S) groups is 1. The van der Waals surface area contributed by atoms with Gasteiger partial charge in [-0.2, -0.15) is 13.2 Å². The minimum atomic E-state index is -4.48. The van der Waals surface area contributed by atoms with Crippen molar-refractivity contribution in [1.29, 1.82) is 0 Å². The van der Waals surface area contributed by atoms with Gasteiger partial charge in [0, 0.05) is 13.1 Å². The molecule has 1 aliphatic heterocycles. The molecule has 1 fully saturated rings. The monoisotopic (exact) mass is 451 g/mol. The van der Waals surface area contributed by atoms with E-state index in [9.17, 15) is 18.0 Å². The minimum Gasteiger partial charge on any atom is -0.484 e. The Morgan fingerprint density at radius 1 is 1.13 bits per heavy atom. The molecule has 2 N–H and O–H groups in total. The summed E-state index contributed by atoms with van der Waals surface area (Å²) >= 11 is 5.15. The van der Waals surface area contributed by atoms with Crippen LogP contribution in [0.4, 0.5) is 24.5 Å². The highest BCUT2D eigenvalue weighted by Crippen LogP contribution is 2.36. The molecule has 5 nitrogen and oxygen atoms in total. The zero-order chi connectivity index (χ0) is 22.4. The zero-order valence-corrected chi connectivity index (χ0v) is 17.9. The van der Waals surface area contributed by atoms with Gasteiger partial charge in [0.15, 0.2) is 11.7 Å². The topological polar surface area (TPSA) is 53.6 Å². The third-order valence-electron chi connectivity index (χ3n) is 4.97. The number of alkyl halides is 3. The Hall–Kier alpha value is -2.81. The first-order chi connectivity index (χ1) is 14.8. The predicted molar refractivity (Wildman–Crippen MR) is 119 cm³/mol. The van der Waals surface area contributed by atoms with Crippen molar-refractivity contribution in [2.24, 2.45) is 0 Å². The highest BCUT2D eigenvalue weighted by atomic mass is 32.1. The van der Waals surface area contributed by atoms with Gasteiger partial charge in [0.1, 0.15) is 5.75 Å². The third-order valence-corrected chi connectivity index (χ3v) is 5.18. The van der Waals surface area contributed by atoms with E-state index < -0.39 is 17.6 Å². The van der Waals surface area contributed by atoms with Gasteiger partial charge >= 0.3 is 6.18 Å². The van der Waals surface area contributed by atoms with E-state index in [1.54, 1.807) is 12.1 Å². The quantitative estimate of drug-likeness (QED) is 0.621. The van der Waals surface area contributed by atoms with Gasteiger partial charge in [0.2, 0.25) is 0 Å². The summed E-state index contributed by atoms with van der Waals surface area (Å²) in [6, 6.07) is 10.9. The largest absolute Gasteiger partial charge is 0.484 e. The van der Waals surface area contributed by atoms with Crippen LogP contribution in [0.3, 0.4) is 0 Å². The fourth-order valence-electron chi connectivity index (χ4n) is 3.33. The molecule has 1 aliphatic rings. The van der Waals surface area contributed by atoms with Crippen molar-refractivity contribution in [1.82, 2.24) is 5.32 Å². The van der Waals surface area contributed by atoms with Crippen LogP contribution in [0.15, 0.2) is 42.5 Å². The van der Waals surface area contributed by atoms with Gasteiger partial charge in [-0.05, 0) is 67.4 Å². The van der Waals surface area contributed by atoms with Gasteiger partial charge in [-0.3, -0.25) is 10.1 Å². The van der Waals surface area contributed by atoms with E-state index in [2.05, 4.69) is 10.6 Å². The lowest BCUT2D eigenvalue weighted by Gasteiger charge is -2.23. The fraction of sp³-hybridized carbons (Fsp3) is 0.364. The summed E-state index contributed by atoms with van der Waals surface area (Å²) in [5.41, 5.74) is 1.19. The molecule has 0 aliphatic carbocycles. The SMILES string of the molecule is CCc1ccc(OCC(=O)NC(=S)Nc2cc(C(F)(F)F)ccc2N2CCCC2)cc1. The first kappa shape index (κ1) is 22.9. The van der Waals surface area contributed by atoms with Crippen LogP contribution < -0.4 is 20.3 Å². The van der Waals surface area contributed by atoms with E-state index in [1.807, 2.05) is 24.0 Å². The second-order valence-corrected chi connectivity index (χ2v) is 7.62. The number of rotatable bonds is 6. The maximum atomic E-state index is 13.2. The Morgan fingerprint density at radius 2 is 1.81 bits per heavy atom. The summed E-state index contributed by atoms with van der Waals surface area (Å²) in [7, 11) is 0. The smallest absolute Gasteiger partial charge is 0.416 e. The molecule has 0 saturated carbocycles. The van der Waals surface area contributed by atoms with Crippen LogP contribution in [0.25, 0.3) is 0 Å². The molecule has 0 aromatic heterocycles. The third kappa shape index (κ3) is 6.33. The van der Waals surface area contributed by atoms with Crippen LogP contribution in [0.2, 0.25) is 0 Å². The number of anilines is 2. The van der Waals surface area contributed by atoms with Gasteiger partial charge in [0.05, 0.1) is 16.9 Å². The molecule has 1 heterocycles. The lowest BCUT2D eigenvalue weighted by atomic mass is 10.1. The van der Waals surface area contributed by atoms with Crippen molar-refractivity contribution in [3.8, 4) is 5.75 Å². The second-order valence-electron chi connectivity index (χ2n) is 7.21. The van der Waals surface area contributed by atoms with E-state index >= 15 is 0 Å². The molecule has 9 heteroatoms. The summed E-state index contributed by atoms with van der Waals surface area (Å²) in [6.07, 6.45) is -1.64. The van der Waals surface area contributed by atoms with Gasteiger partial charge in [-0.25, -0.2) is 0 Å². The number of halogens is 3. The Morgan fingerprint density at radius 3 is 2.42 bits per heavy atom. The average molecular weight is 452 g/mol. The molecular formula is C22H24F3N3O2S. The number of hydrogen-bond acceptors (Lipinski definition) is 4. The molecule has 0 unspecified atom stereocenters. The number of carbonyl (C=O) groups is 1. The summed E-state index contributed by atoms with van der Waals surface area (Å²) in [4.78, 5) is 14.1. The van der Waals surface area contributed by atoms with Gasteiger partial charge in [0.25, 0.3) is 5.91 Å². The van der Waals surface area contributed by atoms with E-state index in [0.29, 0.717) is 11.4 Å². The normalized spacial score (nSPS) is 13.7. The van der Waals surface area contributed by atoms with E-state index in [4.69, 9.17) is 17.0 Å². The standard InChI is InChI=1S/C22H24F3N3O2S/c1-2-15-5-8-17(9-6-15)30-14-20(29)27-21(31)26-18-13-16(22(23,24)25)7-10-19(18)28-11-3-4-12-28/h5-10,13H,2-4,11-12,14H2,1H3,(H2,26,27,29,31). The van der Waals surface area contributed by atoms with Crippen molar-refractivity contribution in [3.63, 3.8) is 0 Å². The Kier molecular flexibility index (Phi) is 7.37.